The Hall–Kier alpha value is -1.67. The molecule has 178 valence electrons. The Bertz CT molecular complexity index is 1120. The number of anilines is 1. The average Bonchev–Trinajstić information content (AvgIpc) is 2.94. The van der Waals surface area contributed by atoms with Crippen molar-refractivity contribution in [3.63, 3.8) is 0 Å². The van der Waals surface area contributed by atoms with Gasteiger partial charge in [-0.15, -0.1) is 0 Å². The highest BCUT2D eigenvalue weighted by atomic mass is 35.5. The largest absolute Gasteiger partial charge is 0.415 e. The molecule has 1 atom stereocenters. The van der Waals surface area contributed by atoms with Gasteiger partial charge in [0, 0.05) is 24.5 Å². The number of rotatable bonds is 6. The summed E-state index contributed by atoms with van der Waals surface area (Å²) >= 11 is 6.30. The molecule has 0 amide bonds. The number of nitrogens with zero attached hydrogens (tertiary/aromatic N) is 5. The lowest BCUT2D eigenvalue weighted by Gasteiger charge is -2.60. The van der Waals surface area contributed by atoms with Gasteiger partial charge >= 0.3 is 6.18 Å². The number of alkyl halides is 3. The second-order valence-electron chi connectivity index (χ2n) is 9.01. The number of aromatic nitrogens is 3. The Labute approximate surface area is 188 Å². The first-order chi connectivity index (χ1) is 14.7. The Morgan fingerprint density at radius 1 is 1.38 bits per heavy atom. The molecule has 9 nitrogen and oxygen atoms in total. The van der Waals surface area contributed by atoms with Crippen LogP contribution in [0.25, 0.3) is 5.52 Å². The van der Waals surface area contributed by atoms with E-state index in [-0.39, 0.29) is 11.3 Å². The number of aliphatic hydroxyl groups is 1. The molecule has 1 saturated heterocycles. The van der Waals surface area contributed by atoms with Crippen LogP contribution >= 0.6 is 11.6 Å². The number of aliphatic hydroxyl groups excluding tert-OH is 1. The van der Waals surface area contributed by atoms with E-state index < -0.39 is 35.1 Å². The highest BCUT2D eigenvalue weighted by molar-refractivity contribution is 7.86. The van der Waals surface area contributed by atoms with Gasteiger partial charge in [-0.25, -0.2) is 14.6 Å². The molecule has 0 aromatic carbocycles. The second-order valence-corrected chi connectivity index (χ2v) is 10.9. The molecule has 1 saturated carbocycles. The summed E-state index contributed by atoms with van der Waals surface area (Å²) in [6, 6.07) is 1.16. The number of hydrogen-bond acceptors (Lipinski definition) is 6. The molecule has 1 aliphatic heterocycles. The summed E-state index contributed by atoms with van der Waals surface area (Å²) in [5, 5.41) is 19.1. The lowest BCUT2D eigenvalue weighted by atomic mass is 9.60. The van der Waals surface area contributed by atoms with Crippen LogP contribution in [0.3, 0.4) is 0 Å². The van der Waals surface area contributed by atoms with Gasteiger partial charge in [0.1, 0.15) is 17.0 Å². The number of halogens is 4. The molecular formula is C18H24ClF3N6O3S. The van der Waals surface area contributed by atoms with Gasteiger partial charge in [0.05, 0.1) is 6.54 Å². The molecule has 0 bridgehead atoms. The molecule has 2 fully saturated rings. The van der Waals surface area contributed by atoms with Crippen LogP contribution in [0.2, 0.25) is 5.15 Å². The monoisotopic (exact) mass is 496 g/mol. The van der Waals surface area contributed by atoms with Crippen molar-refractivity contribution < 1.29 is 26.7 Å². The Morgan fingerprint density at radius 2 is 2.00 bits per heavy atom. The van der Waals surface area contributed by atoms with Gasteiger partial charge in [-0.05, 0) is 30.4 Å². The minimum absolute atomic E-state index is 0.189. The third kappa shape index (κ3) is 4.04. The molecule has 0 radical (unpaired) electrons. The van der Waals surface area contributed by atoms with E-state index in [4.69, 9.17) is 16.7 Å². The van der Waals surface area contributed by atoms with Crippen molar-refractivity contribution in [1.82, 2.24) is 18.9 Å². The van der Waals surface area contributed by atoms with Crippen molar-refractivity contribution in [2.45, 2.75) is 50.9 Å². The molecule has 3 N–H and O–H groups in total. The van der Waals surface area contributed by atoms with E-state index in [1.54, 1.807) is 4.52 Å². The van der Waals surface area contributed by atoms with Crippen LogP contribution in [0.4, 0.5) is 19.0 Å². The molecule has 3 heterocycles. The molecule has 2 aromatic heterocycles. The first kappa shape index (κ1) is 23.5. The van der Waals surface area contributed by atoms with Crippen molar-refractivity contribution in [3.8, 4) is 0 Å². The molecule has 32 heavy (non-hydrogen) atoms. The molecular weight excluding hydrogens is 473 g/mol. The zero-order valence-corrected chi connectivity index (χ0v) is 19.0. The summed E-state index contributed by atoms with van der Waals surface area (Å²) in [6.07, 6.45) is -5.61. The summed E-state index contributed by atoms with van der Waals surface area (Å²) in [5.41, 5.74) is 1.56. The lowest BCUT2D eigenvalue weighted by molar-refractivity contribution is -0.207. The molecule has 1 unspecified atom stereocenters. The van der Waals surface area contributed by atoms with Gasteiger partial charge < -0.3 is 10.0 Å². The molecule has 2 aliphatic rings. The molecule has 2 aromatic rings. The maximum absolute atomic E-state index is 12.7. The first-order valence-electron chi connectivity index (χ1n) is 10.0. The zero-order chi connectivity index (χ0) is 23.6. The highest BCUT2D eigenvalue weighted by Gasteiger charge is 2.56. The summed E-state index contributed by atoms with van der Waals surface area (Å²) in [7, 11) is -4.40. The van der Waals surface area contributed by atoms with Gasteiger partial charge in [0.25, 0.3) is 10.2 Å². The SMILES string of the molecule is CC(C)c1cc(Cl)n2ncnc(N3CC4(CC(N(CC(O)C(F)(F)F)S(N)(=O)=O)C4)C3)c12. The van der Waals surface area contributed by atoms with Gasteiger partial charge in [-0.1, -0.05) is 25.4 Å². The van der Waals surface area contributed by atoms with Gasteiger partial charge in [0.2, 0.25) is 0 Å². The third-order valence-corrected chi connectivity index (χ3v) is 7.67. The minimum Gasteiger partial charge on any atom is -0.382 e. The standard InChI is InChI=1S/C18H24ClF3N6O3S/c1-10(2)12-3-14(19)28-15(12)16(24-9-25-28)26-7-17(8-26)4-11(5-17)27(32(23,30)31)6-13(29)18(20,21)22/h3,9-11,13,29H,4-8H2,1-2H3,(H2,23,30,31). The van der Waals surface area contributed by atoms with Crippen molar-refractivity contribution in [2.75, 3.05) is 24.5 Å². The van der Waals surface area contributed by atoms with Gasteiger partial charge in [-0.2, -0.15) is 31.0 Å². The second kappa shape index (κ2) is 7.69. The molecule has 4 rings (SSSR count). The first-order valence-corrected chi connectivity index (χ1v) is 11.9. The number of fused-ring (bicyclic) bond motifs is 1. The lowest BCUT2D eigenvalue weighted by Crippen LogP contribution is -2.68. The highest BCUT2D eigenvalue weighted by Crippen LogP contribution is 2.52. The predicted molar refractivity (Wildman–Crippen MR) is 112 cm³/mol. The fourth-order valence-corrected chi connectivity index (χ4v) is 5.90. The van der Waals surface area contributed by atoms with Gasteiger partial charge in [-0.3, -0.25) is 0 Å². The molecule has 14 heteroatoms. The third-order valence-electron chi connectivity index (χ3n) is 6.30. The van der Waals surface area contributed by atoms with Gasteiger partial charge in [0.15, 0.2) is 11.9 Å². The maximum Gasteiger partial charge on any atom is 0.415 e. The fraction of sp³-hybridized carbons (Fsp3) is 0.667. The average molecular weight is 497 g/mol. The van der Waals surface area contributed by atoms with E-state index in [9.17, 15) is 26.7 Å². The van der Waals surface area contributed by atoms with E-state index in [0.29, 0.717) is 41.2 Å². The van der Waals surface area contributed by atoms with Crippen LogP contribution in [0.1, 0.15) is 38.2 Å². The number of hydrogen-bond donors (Lipinski definition) is 2. The zero-order valence-electron chi connectivity index (χ0n) is 17.4. The summed E-state index contributed by atoms with van der Waals surface area (Å²) < 4.78 is 64.1. The molecule has 1 aliphatic carbocycles. The Morgan fingerprint density at radius 3 is 2.53 bits per heavy atom. The van der Waals surface area contributed by atoms with Crippen molar-refractivity contribution in [1.29, 1.82) is 0 Å². The van der Waals surface area contributed by atoms with Crippen LogP contribution in [0.5, 0.6) is 0 Å². The van der Waals surface area contributed by atoms with Crippen LogP contribution < -0.4 is 10.0 Å². The summed E-state index contributed by atoms with van der Waals surface area (Å²) in [6.45, 7) is 4.09. The quantitative estimate of drug-likeness (QED) is 0.631. The minimum atomic E-state index is -4.93. The normalized spacial score (nSPS) is 20.2. The van der Waals surface area contributed by atoms with E-state index in [1.165, 1.54) is 6.33 Å². The van der Waals surface area contributed by atoms with E-state index in [1.807, 2.05) is 24.8 Å². The maximum atomic E-state index is 12.7. The van der Waals surface area contributed by atoms with Crippen LogP contribution in [0, 0.1) is 5.41 Å². The van der Waals surface area contributed by atoms with E-state index >= 15 is 0 Å². The van der Waals surface area contributed by atoms with Crippen molar-refractivity contribution in [2.24, 2.45) is 10.6 Å². The molecule has 1 spiro atoms. The van der Waals surface area contributed by atoms with Crippen LogP contribution in [-0.2, 0) is 10.2 Å². The van der Waals surface area contributed by atoms with Crippen LogP contribution in [0.15, 0.2) is 12.4 Å². The van der Waals surface area contributed by atoms with Crippen molar-refractivity contribution in [3.05, 3.63) is 23.1 Å². The van der Waals surface area contributed by atoms with E-state index in [2.05, 4.69) is 10.1 Å². The topological polar surface area (TPSA) is 117 Å². The Kier molecular flexibility index (Phi) is 5.64. The fourth-order valence-electron chi connectivity index (χ4n) is 4.74. The van der Waals surface area contributed by atoms with E-state index in [0.717, 1.165) is 11.1 Å². The van der Waals surface area contributed by atoms with Crippen molar-refractivity contribution >= 4 is 33.1 Å². The predicted octanol–water partition coefficient (Wildman–Crippen LogP) is 1.90. The smallest absolute Gasteiger partial charge is 0.382 e. The van der Waals surface area contributed by atoms with Crippen LogP contribution in [-0.4, -0.2) is 70.4 Å². The summed E-state index contributed by atoms with van der Waals surface area (Å²) in [5.74, 6) is 0.898. The summed E-state index contributed by atoms with van der Waals surface area (Å²) in [4.78, 5) is 6.45. The Balaban J connectivity index is 1.48. The number of nitrogens with two attached hydrogens (primary N) is 1.